The number of hydrogen-bond donors (Lipinski definition) is 0. The lowest BCUT2D eigenvalue weighted by Gasteiger charge is -2.17. The lowest BCUT2D eigenvalue weighted by atomic mass is 10.0. The number of fused-ring (bicyclic) bond motifs is 1. The van der Waals surface area contributed by atoms with Gasteiger partial charge in [-0.3, -0.25) is 9.59 Å². The van der Waals surface area contributed by atoms with Crippen LogP contribution >= 0.6 is 0 Å². The van der Waals surface area contributed by atoms with Crippen molar-refractivity contribution in [1.82, 2.24) is 4.90 Å². The van der Waals surface area contributed by atoms with E-state index in [0.29, 0.717) is 13.0 Å². The summed E-state index contributed by atoms with van der Waals surface area (Å²) in [5, 5.41) is 2.22. The lowest BCUT2D eigenvalue weighted by Crippen LogP contribution is -2.30. The fraction of sp³-hybridized carbons (Fsp3) is 0.294. The van der Waals surface area contributed by atoms with Crippen molar-refractivity contribution in [2.75, 3.05) is 20.7 Å². The first-order valence-electron chi connectivity index (χ1n) is 6.89. The Hall–Kier alpha value is -2.36. The van der Waals surface area contributed by atoms with Crippen LogP contribution < -0.4 is 0 Å². The topological polar surface area (TPSA) is 46.6 Å². The summed E-state index contributed by atoms with van der Waals surface area (Å²) in [5.74, 6) is -0.310. The quantitative estimate of drug-likeness (QED) is 0.793. The predicted molar refractivity (Wildman–Crippen MR) is 81.9 cm³/mol. The molecule has 0 atom stereocenters. The highest BCUT2D eigenvalue weighted by Gasteiger charge is 2.13. The van der Waals surface area contributed by atoms with Crippen LogP contribution in [0.1, 0.15) is 12.0 Å². The Morgan fingerprint density at radius 2 is 1.81 bits per heavy atom. The molecule has 0 aliphatic heterocycles. The summed E-state index contributed by atoms with van der Waals surface area (Å²) < 4.78 is 4.58. The molecular formula is C17H19NO3. The third-order valence-electron chi connectivity index (χ3n) is 3.53. The van der Waals surface area contributed by atoms with E-state index >= 15 is 0 Å². The van der Waals surface area contributed by atoms with Gasteiger partial charge in [0.05, 0.1) is 20.0 Å². The number of ether oxygens (including phenoxy) is 1. The van der Waals surface area contributed by atoms with Crippen LogP contribution in [0.25, 0.3) is 10.8 Å². The summed E-state index contributed by atoms with van der Waals surface area (Å²) >= 11 is 0. The van der Waals surface area contributed by atoms with Crippen molar-refractivity contribution in [3.63, 3.8) is 0 Å². The third kappa shape index (κ3) is 3.81. The number of nitrogens with zero attached hydrogens (tertiary/aromatic N) is 1. The van der Waals surface area contributed by atoms with Gasteiger partial charge in [0.2, 0.25) is 5.91 Å². The number of likely N-dealkylation sites (N-methyl/N-ethyl adjacent to an activating group) is 1. The van der Waals surface area contributed by atoms with Gasteiger partial charge in [-0.1, -0.05) is 42.5 Å². The first-order chi connectivity index (χ1) is 10.1. The van der Waals surface area contributed by atoms with Gasteiger partial charge in [-0.2, -0.15) is 0 Å². The van der Waals surface area contributed by atoms with Crippen molar-refractivity contribution in [1.29, 1.82) is 0 Å². The number of rotatable bonds is 5. The molecule has 0 saturated carbocycles. The largest absolute Gasteiger partial charge is 0.469 e. The lowest BCUT2D eigenvalue weighted by molar-refractivity contribution is -0.141. The smallest absolute Gasteiger partial charge is 0.307 e. The van der Waals surface area contributed by atoms with Crippen molar-refractivity contribution in [3.8, 4) is 0 Å². The molecule has 2 rings (SSSR count). The van der Waals surface area contributed by atoms with Crippen LogP contribution in [0.15, 0.2) is 42.5 Å². The van der Waals surface area contributed by atoms with Crippen molar-refractivity contribution >= 4 is 22.6 Å². The first kappa shape index (κ1) is 15.0. The molecule has 0 fully saturated rings. The molecule has 0 aliphatic carbocycles. The summed E-state index contributed by atoms with van der Waals surface area (Å²) in [6, 6.07) is 14.0. The van der Waals surface area contributed by atoms with Gasteiger partial charge in [-0.05, 0) is 16.3 Å². The average molecular weight is 285 g/mol. The van der Waals surface area contributed by atoms with Crippen LogP contribution in [0.2, 0.25) is 0 Å². The molecule has 0 N–H and O–H groups in total. The minimum Gasteiger partial charge on any atom is -0.469 e. The van der Waals surface area contributed by atoms with E-state index in [0.717, 1.165) is 16.3 Å². The van der Waals surface area contributed by atoms with E-state index < -0.39 is 0 Å². The van der Waals surface area contributed by atoms with Gasteiger partial charge in [0, 0.05) is 13.6 Å². The van der Waals surface area contributed by atoms with Crippen molar-refractivity contribution in [2.45, 2.75) is 12.8 Å². The van der Waals surface area contributed by atoms with Crippen molar-refractivity contribution in [2.24, 2.45) is 0 Å². The first-order valence-corrected chi connectivity index (χ1v) is 6.89. The summed E-state index contributed by atoms with van der Waals surface area (Å²) in [7, 11) is 3.05. The Morgan fingerprint density at radius 3 is 2.57 bits per heavy atom. The number of methoxy groups -OCH3 is 1. The van der Waals surface area contributed by atoms with E-state index in [1.165, 1.54) is 7.11 Å². The molecular weight excluding hydrogens is 266 g/mol. The van der Waals surface area contributed by atoms with Gasteiger partial charge in [0.25, 0.3) is 0 Å². The summed E-state index contributed by atoms with van der Waals surface area (Å²) in [4.78, 5) is 24.9. The monoisotopic (exact) mass is 285 g/mol. The highest BCUT2D eigenvalue weighted by Crippen LogP contribution is 2.19. The van der Waals surface area contributed by atoms with E-state index in [9.17, 15) is 9.59 Å². The molecule has 0 radical (unpaired) electrons. The molecule has 0 spiro atoms. The van der Waals surface area contributed by atoms with Gasteiger partial charge >= 0.3 is 5.97 Å². The molecule has 0 aliphatic rings. The number of amides is 1. The minimum atomic E-state index is -0.306. The van der Waals surface area contributed by atoms with E-state index in [2.05, 4.69) is 4.74 Å². The van der Waals surface area contributed by atoms with Crippen LogP contribution in [0.3, 0.4) is 0 Å². The molecule has 4 heteroatoms. The molecule has 0 bridgehead atoms. The van der Waals surface area contributed by atoms with Crippen LogP contribution in [-0.2, 0) is 20.7 Å². The number of carbonyl (C=O) groups excluding carboxylic acids is 2. The molecule has 1 amide bonds. The van der Waals surface area contributed by atoms with E-state index in [4.69, 9.17) is 0 Å². The van der Waals surface area contributed by atoms with Crippen LogP contribution in [0.4, 0.5) is 0 Å². The van der Waals surface area contributed by atoms with Gasteiger partial charge in [0.15, 0.2) is 0 Å². The normalized spacial score (nSPS) is 10.4. The van der Waals surface area contributed by atoms with Gasteiger partial charge in [-0.25, -0.2) is 0 Å². The van der Waals surface area contributed by atoms with E-state index in [-0.39, 0.29) is 18.3 Å². The molecule has 4 nitrogen and oxygen atoms in total. The molecule has 0 saturated heterocycles. The number of hydrogen-bond acceptors (Lipinski definition) is 3. The molecule has 0 unspecified atom stereocenters. The molecule has 2 aromatic rings. The summed E-state index contributed by atoms with van der Waals surface area (Å²) in [6.45, 7) is 0.371. The Kier molecular flexibility index (Phi) is 4.93. The Labute approximate surface area is 124 Å². The molecule has 110 valence electrons. The van der Waals surface area contributed by atoms with Gasteiger partial charge in [-0.15, -0.1) is 0 Å². The second-order valence-electron chi connectivity index (χ2n) is 4.96. The zero-order chi connectivity index (χ0) is 15.2. The highest BCUT2D eigenvalue weighted by atomic mass is 16.5. The van der Waals surface area contributed by atoms with Crippen molar-refractivity contribution < 1.29 is 14.3 Å². The predicted octanol–water partition coefficient (Wildman–Crippen LogP) is 2.40. The van der Waals surface area contributed by atoms with E-state index in [1.54, 1.807) is 11.9 Å². The van der Waals surface area contributed by atoms with Crippen molar-refractivity contribution in [3.05, 3.63) is 48.0 Å². The van der Waals surface area contributed by atoms with Gasteiger partial charge < -0.3 is 9.64 Å². The Bertz CT molecular complexity index is 646. The maximum Gasteiger partial charge on any atom is 0.307 e. The maximum absolute atomic E-state index is 12.2. The Morgan fingerprint density at radius 1 is 1.10 bits per heavy atom. The average Bonchev–Trinajstić information content (AvgIpc) is 2.52. The van der Waals surface area contributed by atoms with Crippen LogP contribution in [-0.4, -0.2) is 37.5 Å². The maximum atomic E-state index is 12.2. The highest BCUT2D eigenvalue weighted by molar-refractivity contribution is 5.90. The van der Waals surface area contributed by atoms with E-state index in [1.807, 2.05) is 42.5 Å². The second kappa shape index (κ2) is 6.88. The number of benzene rings is 2. The summed E-state index contributed by atoms with van der Waals surface area (Å²) in [5.41, 5.74) is 1.00. The molecule has 2 aromatic carbocycles. The zero-order valence-corrected chi connectivity index (χ0v) is 12.3. The third-order valence-corrected chi connectivity index (χ3v) is 3.53. The molecule has 0 heterocycles. The fourth-order valence-corrected chi connectivity index (χ4v) is 2.23. The minimum absolute atomic E-state index is 0.00439. The second-order valence-corrected chi connectivity index (χ2v) is 4.96. The number of carbonyl (C=O) groups is 2. The van der Waals surface area contributed by atoms with Crippen LogP contribution in [0, 0.1) is 0 Å². The fourth-order valence-electron chi connectivity index (χ4n) is 2.23. The standard InChI is InChI=1S/C17H19NO3/c1-18(11-10-17(20)21-2)16(19)12-14-8-5-7-13-6-3-4-9-15(13)14/h3-9H,10-12H2,1-2H3. The Balaban J connectivity index is 2.06. The summed E-state index contributed by atoms with van der Waals surface area (Å²) in [6.07, 6.45) is 0.549. The van der Waals surface area contributed by atoms with Crippen LogP contribution in [0.5, 0.6) is 0 Å². The number of esters is 1. The molecule has 0 aromatic heterocycles. The zero-order valence-electron chi connectivity index (χ0n) is 12.3. The van der Waals surface area contributed by atoms with Gasteiger partial charge in [0.1, 0.15) is 0 Å². The SMILES string of the molecule is COC(=O)CCN(C)C(=O)Cc1cccc2ccccc12. The molecule has 21 heavy (non-hydrogen) atoms.